The number of halogens is 1. The van der Waals surface area contributed by atoms with Crippen LogP contribution in [0.3, 0.4) is 0 Å². The molecule has 3 rings (SSSR count). The van der Waals surface area contributed by atoms with E-state index in [0.29, 0.717) is 5.69 Å². The summed E-state index contributed by atoms with van der Waals surface area (Å²) in [5.74, 6) is 0.167. The molecule has 22 heavy (non-hydrogen) atoms. The Labute approximate surface area is 125 Å². The predicted octanol–water partition coefficient (Wildman–Crippen LogP) is 1.81. The lowest BCUT2D eigenvalue weighted by atomic mass is 10.1. The van der Waals surface area contributed by atoms with Gasteiger partial charge in [-0.15, -0.1) is 5.10 Å². The molecule has 1 aliphatic carbocycles. The number of aryl methyl sites for hydroxylation is 1. The van der Waals surface area contributed by atoms with Crippen molar-refractivity contribution in [1.82, 2.24) is 20.2 Å². The van der Waals surface area contributed by atoms with E-state index in [-0.39, 0.29) is 23.2 Å². The van der Waals surface area contributed by atoms with Crippen LogP contribution in [0.2, 0.25) is 0 Å². The quantitative estimate of drug-likeness (QED) is 0.904. The van der Waals surface area contributed by atoms with E-state index in [1.807, 2.05) is 6.92 Å². The van der Waals surface area contributed by atoms with Crippen LogP contribution < -0.4 is 11.2 Å². The summed E-state index contributed by atoms with van der Waals surface area (Å²) in [5, 5.41) is 8.10. The normalized spacial score (nSPS) is 21.0. The maximum absolute atomic E-state index is 13.0. The fourth-order valence-electron chi connectivity index (χ4n) is 2.63. The van der Waals surface area contributed by atoms with Gasteiger partial charge in [0.05, 0.1) is 17.1 Å². The second kappa shape index (κ2) is 5.32. The molecule has 0 unspecified atom stereocenters. The van der Waals surface area contributed by atoms with Crippen LogP contribution in [0.4, 0.5) is 4.39 Å². The maximum Gasteiger partial charge on any atom is 0.325 e. The van der Waals surface area contributed by atoms with Gasteiger partial charge in [-0.25, -0.2) is 9.18 Å². The minimum absolute atomic E-state index is 0.162. The molecule has 0 radical (unpaired) electrons. The van der Waals surface area contributed by atoms with Crippen LogP contribution in [0.15, 0.2) is 33.8 Å². The van der Waals surface area contributed by atoms with Gasteiger partial charge in [0.1, 0.15) is 5.69 Å². The van der Waals surface area contributed by atoms with Crippen molar-refractivity contribution in [2.45, 2.75) is 26.2 Å². The lowest BCUT2D eigenvalue weighted by molar-refractivity contribution is 0.630. The second-order valence-corrected chi connectivity index (χ2v) is 5.52. The molecule has 2 heterocycles. The van der Waals surface area contributed by atoms with Crippen molar-refractivity contribution in [3.05, 3.63) is 56.3 Å². The van der Waals surface area contributed by atoms with Gasteiger partial charge in [0.2, 0.25) is 0 Å². The molecule has 0 aromatic carbocycles. The molecular formula is C15H15FN4O2. The van der Waals surface area contributed by atoms with Gasteiger partial charge in [-0.3, -0.25) is 9.78 Å². The molecule has 6 nitrogen and oxygen atoms in total. The molecule has 2 aromatic rings. The van der Waals surface area contributed by atoms with Gasteiger partial charge in [0, 0.05) is 6.20 Å². The van der Waals surface area contributed by atoms with Crippen LogP contribution in [-0.4, -0.2) is 20.2 Å². The predicted molar refractivity (Wildman–Crippen MR) is 79.2 cm³/mol. The molecule has 0 spiro atoms. The summed E-state index contributed by atoms with van der Waals surface area (Å²) in [6.07, 6.45) is 3.78. The Balaban J connectivity index is 1.99. The number of aromatic amines is 2. The third kappa shape index (κ3) is 2.74. The van der Waals surface area contributed by atoms with E-state index in [4.69, 9.17) is 0 Å². The topological polar surface area (TPSA) is 91.5 Å². The van der Waals surface area contributed by atoms with E-state index in [1.54, 1.807) is 12.1 Å². The van der Waals surface area contributed by atoms with Crippen molar-refractivity contribution in [2.24, 2.45) is 5.92 Å². The van der Waals surface area contributed by atoms with E-state index in [1.165, 1.54) is 13.1 Å². The second-order valence-electron chi connectivity index (χ2n) is 5.52. The molecule has 114 valence electrons. The highest BCUT2D eigenvalue weighted by atomic mass is 19.1. The summed E-state index contributed by atoms with van der Waals surface area (Å²) in [5.41, 5.74) is 1.28. The van der Waals surface area contributed by atoms with Crippen molar-refractivity contribution in [1.29, 1.82) is 0 Å². The summed E-state index contributed by atoms with van der Waals surface area (Å²) in [6, 6.07) is 1.79. The number of aromatic nitrogens is 4. The van der Waals surface area contributed by atoms with Gasteiger partial charge >= 0.3 is 5.69 Å². The van der Waals surface area contributed by atoms with Crippen molar-refractivity contribution in [3.63, 3.8) is 0 Å². The monoisotopic (exact) mass is 302 g/mol. The van der Waals surface area contributed by atoms with Gasteiger partial charge < -0.3 is 4.98 Å². The first kappa shape index (κ1) is 14.4. The number of hydrogen-bond donors (Lipinski definition) is 2. The third-order valence-corrected chi connectivity index (χ3v) is 3.80. The fraction of sp³-hybridized carbons (Fsp3) is 0.333. The first-order chi connectivity index (χ1) is 10.5. The zero-order valence-electron chi connectivity index (χ0n) is 12.2. The van der Waals surface area contributed by atoms with Crippen molar-refractivity contribution >= 4 is 0 Å². The first-order valence-corrected chi connectivity index (χ1v) is 6.96. The lowest BCUT2D eigenvalue weighted by Crippen LogP contribution is -2.23. The molecule has 1 saturated carbocycles. The molecule has 0 saturated heterocycles. The Morgan fingerprint density at radius 1 is 1.41 bits per heavy atom. The van der Waals surface area contributed by atoms with Crippen LogP contribution >= 0.6 is 0 Å². The molecular weight excluding hydrogens is 287 g/mol. The van der Waals surface area contributed by atoms with Gasteiger partial charge in [-0.2, -0.15) is 5.10 Å². The van der Waals surface area contributed by atoms with E-state index < -0.39 is 11.2 Å². The number of nitrogens with one attached hydrogen (secondary N) is 2. The SMILES string of the molecule is C/C(F)=C/[C@H]1C[C@@H]1c1cc(-c2c[nH]c(=O)[nH]c2=O)nnc1C. The molecule has 0 amide bonds. The highest BCUT2D eigenvalue weighted by Crippen LogP contribution is 2.49. The molecule has 1 fully saturated rings. The third-order valence-electron chi connectivity index (χ3n) is 3.80. The van der Waals surface area contributed by atoms with Gasteiger partial charge in [0.25, 0.3) is 5.56 Å². The smallest absolute Gasteiger partial charge is 0.313 e. The number of nitrogens with zero attached hydrogens (tertiary/aromatic N) is 2. The number of H-pyrrole nitrogens is 2. The van der Waals surface area contributed by atoms with Crippen LogP contribution in [0, 0.1) is 12.8 Å². The van der Waals surface area contributed by atoms with Crippen LogP contribution in [0.25, 0.3) is 11.3 Å². The number of allylic oxidation sites excluding steroid dienone is 2. The highest BCUT2D eigenvalue weighted by Gasteiger charge is 2.38. The molecule has 0 bridgehead atoms. The largest absolute Gasteiger partial charge is 0.325 e. The summed E-state index contributed by atoms with van der Waals surface area (Å²) in [7, 11) is 0. The average molecular weight is 302 g/mol. The number of rotatable bonds is 3. The zero-order chi connectivity index (χ0) is 15.9. The molecule has 2 N–H and O–H groups in total. The summed E-state index contributed by atoms with van der Waals surface area (Å²) in [4.78, 5) is 27.5. The molecule has 0 aliphatic heterocycles. The summed E-state index contributed by atoms with van der Waals surface area (Å²) < 4.78 is 13.0. The zero-order valence-corrected chi connectivity index (χ0v) is 12.2. The molecule has 2 atom stereocenters. The number of hydrogen-bond acceptors (Lipinski definition) is 4. The van der Waals surface area contributed by atoms with Gasteiger partial charge in [0.15, 0.2) is 0 Å². The van der Waals surface area contributed by atoms with E-state index >= 15 is 0 Å². The lowest BCUT2D eigenvalue weighted by Gasteiger charge is -2.06. The maximum atomic E-state index is 13.0. The Morgan fingerprint density at radius 2 is 2.18 bits per heavy atom. The van der Waals surface area contributed by atoms with Crippen molar-refractivity contribution in [2.75, 3.05) is 0 Å². The van der Waals surface area contributed by atoms with Crippen LogP contribution in [0.5, 0.6) is 0 Å². The van der Waals surface area contributed by atoms with Crippen LogP contribution in [0.1, 0.15) is 30.5 Å². The van der Waals surface area contributed by atoms with Crippen LogP contribution in [-0.2, 0) is 0 Å². The summed E-state index contributed by atoms with van der Waals surface area (Å²) >= 11 is 0. The van der Waals surface area contributed by atoms with E-state index in [0.717, 1.165) is 17.7 Å². The van der Waals surface area contributed by atoms with Gasteiger partial charge in [-0.05, 0) is 49.8 Å². The first-order valence-electron chi connectivity index (χ1n) is 6.96. The Morgan fingerprint density at radius 3 is 2.86 bits per heavy atom. The standard InChI is InChI=1S/C15H15FN4O2/c1-7(16)3-9-4-11(9)10-5-13(20-19-8(10)2)12-6-17-15(22)18-14(12)21/h3,5-6,9,11H,4H2,1-2H3,(H2,17,18,21,22)/b7-3-/t9-,11-/m0/s1. The van der Waals surface area contributed by atoms with E-state index in [9.17, 15) is 14.0 Å². The minimum atomic E-state index is -0.570. The average Bonchev–Trinajstić information content (AvgIpc) is 3.18. The van der Waals surface area contributed by atoms with Crippen molar-refractivity contribution in [3.8, 4) is 11.3 Å². The minimum Gasteiger partial charge on any atom is -0.313 e. The molecule has 7 heteroatoms. The van der Waals surface area contributed by atoms with Gasteiger partial charge in [-0.1, -0.05) is 0 Å². The summed E-state index contributed by atoms with van der Waals surface area (Å²) in [6.45, 7) is 3.27. The Kier molecular flexibility index (Phi) is 3.48. The molecule has 2 aromatic heterocycles. The molecule has 1 aliphatic rings. The van der Waals surface area contributed by atoms with Crippen molar-refractivity contribution < 1.29 is 4.39 Å². The Hall–Kier alpha value is -2.57. The highest BCUT2D eigenvalue weighted by molar-refractivity contribution is 5.57. The Bertz CT molecular complexity index is 864. The fourth-order valence-corrected chi connectivity index (χ4v) is 2.63. The van der Waals surface area contributed by atoms with E-state index in [2.05, 4.69) is 20.2 Å².